The lowest BCUT2D eigenvalue weighted by molar-refractivity contribution is 0.136. The van der Waals surface area contributed by atoms with E-state index in [2.05, 4.69) is 24.0 Å². The predicted octanol–water partition coefficient (Wildman–Crippen LogP) is 5.98. The Morgan fingerprint density at radius 1 is 0.853 bits per heavy atom. The summed E-state index contributed by atoms with van der Waals surface area (Å²) >= 11 is 0. The highest BCUT2D eigenvalue weighted by molar-refractivity contribution is 5.48. The number of fused-ring (bicyclic) bond motifs is 1. The summed E-state index contributed by atoms with van der Waals surface area (Å²) in [5.41, 5.74) is 3.24. The zero-order valence-electron chi connectivity index (χ0n) is 19.7. The van der Waals surface area contributed by atoms with Gasteiger partial charge >= 0.3 is 0 Å². The quantitative estimate of drug-likeness (QED) is 0.475. The summed E-state index contributed by atoms with van der Waals surface area (Å²) < 4.78 is 12.5. The highest BCUT2D eigenvalue weighted by atomic mass is 16.5. The number of aromatic hydroxyl groups is 2. The summed E-state index contributed by atoms with van der Waals surface area (Å²) in [6.07, 6.45) is 3.70. The Bertz CT molecular complexity index is 1090. The molecule has 2 N–H and O–H groups in total. The van der Waals surface area contributed by atoms with Gasteiger partial charge in [-0.2, -0.15) is 0 Å². The third kappa shape index (κ3) is 4.85. The fourth-order valence-corrected chi connectivity index (χ4v) is 5.33. The number of benzene rings is 3. The van der Waals surface area contributed by atoms with Crippen LogP contribution in [0.3, 0.4) is 0 Å². The van der Waals surface area contributed by atoms with Crippen molar-refractivity contribution in [2.45, 2.75) is 44.1 Å². The summed E-state index contributed by atoms with van der Waals surface area (Å²) in [6.45, 7) is 6.21. The molecule has 1 unspecified atom stereocenters. The number of piperidine rings is 1. The number of hydrogen-bond donors (Lipinski definition) is 2. The molecule has 3 atom stereocenters. The lowest BCUT2D eigenvalue weighted by Crippen LogP contribution is -2.33. The Balaban J connectivity index is 1.36. The Morgan fingerprint density at radius 3 is 2.26 bits per heavy atom. The van der Waals surface area contributed by atoms with Crippen LogP contribution in [0.25, 0.3) is 0 Å². The molecule has 5 heteroatoms. The monoisotopic (exact) mass is 459 g/mol. The molecule has 2 aliphatic heterocycles. The van der Waals surface area contributed by atoms with Crippen LogP contribution in [-0.4, -0.2) is 41.4 Å². The minimum Gasteiger partial charge on any atom is -0.508 e. The molecule has 5 rings (SSSR count). The van der Waals surface area contributed by atoms with Gasteiger partial charge in [0.05, 0.1) is 0 Å². The molecule has 5 nitrogen and oxygen atoms in total. The minimum atomic E-state index is -0.226. The maximum atomic E-state index is 10.0. The first-order chi connectivity index (χ1) is 16.6. The van der Waals surface area contributed by atoms with Gasteiger partial charge in [0, 0.05) is 18.5 Å². The van der Waals surface area contributed by atoms with Crippen LogP contribution in [0.1, 0.15) is 60.8 Å². The van der Waals surface area contributed by atoms with Crippen LogP contribution in [0, 0.1) is 0 Å². The number of phenolic OH excluding ortho intramolecular Hbond substituents is 2. The third-order valence-electron chi connectivity index (χ3n) is 7.22. The van der Waals surface area contributed by atoms with Crippen LogP contribution in [0.15, 0.2) is 66.7 Å². The van der Waals surface area contributed by atoms with E-state index in [1.807, 2.05) is 30.3 Å². The van der Waals surface area contributed by atoms with Crippen molar-refractivity contribution in [3.63, 3.8) is 0 Å². The summed E-state index contributed by atoms with van der Waals surface area (Å²) in [5.74, 6) is 2.26. The number of rotatable bonds is 6. The van der Waals surface area contributed by atoms with Gasteiger partial charge in [0.1, 0.15) is 35.7 Å². The van der Waals surface area contributed by atoms with E-state index < -0.39 is 0 Å². The van der Waals surface area contributed by atoms with Crippen LogP contribution in [0.4, 0.5) is 0 Å². The van der Waals surface area contributed by atoms with Gasteiger partial charge in [-0.15, -0.1) is 0 Å². The van der Waals surface area contributed by atoms with E-state index in [-0.39, 0.29) is 29.4 Å². The molecule has 0 amide bonds. The van der Waals surface area contributed by atoms with E-state index in [0.717, 1.165) is 34.7 Å². The second-order valence-corrected chi connectivity index (χ2v) is 9.49. The van der Waals surface area contributed by atoms with Crippen molar-refractivity contribution in [3.8, 4) is 23.0 Å². The second-order valence-electron chi connectivity index (χ2n) is 9.49. The predicted molar refractivity (Wildman–Crippen MR) is 133 cm³/mol. The Kier molecular flexibility index (Phi) is 6.63. The fourth-order valence-electron chi connectivity index (χ4n) is 5.33. The number of hydrogen-bond acceptors (Lipinski definition) is 5. The largest absolute Gasteiger partial charge is 0.508 e. The zero-order chi connectivity index (χ0) is 23.5. The normalized spacial score (nSPS) is 22.6. The first-order valence-electron chi connectivity index (χ1n) is 12.3. The molecule has 0 radical (unpaired) electrons. The molecule has 3 aromatic rings. The molecule has 3 aromatic carbocycles. The lowest BCUT2D eigenvalue weighted by atomic mass is 9.75. The van der Waals surface area contributed by atoms with Crippen LogP contribution in [-0.2, 0) is 0 Å². The van der Waals surface area contributed by atoms with Crippen molar-refractivity contribution < 1.29 is 19.7 Å². The van der Waals surface area contributed by atoms with Gasteiger partial charge in [-0.1, -0.05) is 43.7 Å². The number of likely N-dealkylation sites (tertiary alicyclic amines) is 1. The molecule has 0 saturated carbocycles. The molecule has 2 aliphatic rings. The summed E-state index contributed by atoms with van der Waals surface area (Å²) in [6, 6.07) is 20.9. The van der Waals surface area contributed by atoms with Gasteiger partial charge in [-0.25, -0.2) is 0 Å². The smallest absolute Gasteiger partial charge is 0.131 e. The van der Waals surface area contributed by atoms with Crippen LogP contribution < -0.4 is 9.47 Å². The topological polar surface area (TPSA) is 62.2 Å². The van der Waals surface area contributed by atoms with Gasteiger partial charge < -0.3 is 19.7 Å². The lowest BCUT2D eigenvalue weighted by Gasteiger charge is -2.39. The van der Waals surface area contributed by atoms with Crippen LogP contribution in [0.2, 0.25) is 0 Å². The molecule has 0 aromatic heterocycles. The molecule has 34 heavy (non-hydrogen) atoms. The number of nitrogens with zero attached hydrogens (tertiary/aromatic N) is 1. The molecule has 2 heterocycles. The van der Waals surface area contributed by atoms with Crippen molar-refractivity contribution in [2.24, 2.45) is 0 Å². The second kappa shape index (κ2) is 9.98. The van der Waals surface area contributed by atoms with Gasteiger partial charge in [0.15, 0.2) is 0 Å². The van der Waals surface area contributed by atoms with Crippen molar-refractivity contribution in [3.05, 3.63) is 83.4 Å². The summed E-state index contributed by atoms with van der Waals surface area (Å²) in [7, 11) is 0. The number of ether oxygens (including phenoxy) is 2. The summed E-state index contributed by atoms with van der Waals surface area (Å²) in [5, 5.41) is 19.8. The van der Waals surface area contributed by atoms with Crippen molar-refractivity contribution in [2.75, 3.05) is 26.2 Å². The van der Waals surface area contributed by atoms with E-state index in [0.29, 0.717) is 6.61 Å². The van der Waals surface area contributed by atoms with E-state index in [1.54, 1.807) is 24.3 Å². The standard InChI is InChI=1S/C29H33NO4/c1-20-26-14-11-24(32)19-27(26)34-29(28(20)21-5-9-23(31)10-6-21)22-7-12-25(13-8-22)33-18-17-30-15-3-2-4-16-30/h5-14,19-20,28-29,31-32H,2-4,15-18H2,1H3/t20-,28-,29?/m0/s1. The average molecular weight is 460 g/mol. The minimum absolute atomic E-state index is 0.0588. The average Bonchev–Trinajstić information content (AvgIpc) is 2.86. The van der Waals surface area contributed by atoms with Gasteiger partial charge in [0.2, 0.25) is 0 Å². The van der Waals surface area contributed by atoms with Crippen molar-refractivity contribution >= 4 is 0 Å². The van der Waals surface area contributed by atoms with Gasteiger partial charge in [-0.05, 0) is 78.9 Å². The first kappa shape index (κ1) is 22.6. The Morgan fingerprint density at radius 2 is 1.53 bits per heavy atom. The highest BCUT2D eigenvalue weighted by Crippen LogP contribution is 2.51. The van der Waals surface area contributed by atoms with Gasteiger partial charge in [-0.3, -0.25) is 4.90 Å². The van der Waals surface area contributed by atoms with E-state index in [4.69, 9.17) is 9.47 Å². The molecule has 178 valence electrons. The molecule has 0 aliphatic carbocycles. The SMILES string of the molecule is C[C@H]1c2ccc(O)cc2OC(c2ccc(OCCN3CCCCC3)cc2)[C@@H]1c1ccc(O)cc1. The van der Waals surface area contributed by atoms with E-state index in [1.165, 1.54) is 32.4 Å². The maximum absolute atomic E-state index is 10.0. The molecule has 1 fully saturated rings. The van der Waals surface area contributed by atoms with Crippen LogP contribution >= 0.6 is 0 Å². The Labute approximate surface area is 201 Å². The molecule has 1 saturated heterocycles. The third-order valence-corrected chi connectivity index (χ3v) is 7.22. The summed E-state index contributed by atoms with van der Waals surface area (Å²) in [4.78, 5) is 2.48. The molecule has 0 bridgehead atoms. The highest BCUT2D eigenvalue weighted by Gasteiger charge is 2.38. The molecule has 0 spiro atoms. The number of phenols is 2. The molecular formula is C29H33NO4. The van der Waals surface area contributed by atoms with Crippen LogP contribution in [0.5, 0.6) is 23.0 Å². The van der Waals surface area contributed by atoms with E-state index >= 15 is 0 Å². The van der Waals surface area contributed by atoms with Crippen molar-refractivity contribution in [1.29, 1.82) is 0 Å². The maximum Gasteiger partial charge on any atom is 0.131 e. The van der Waals surface area contributed by atoms with Gasteiger partial charge in [0.25, 0.3) is 0 Å². The van der Waals surface area contributed by atoms with E-state index in [9.17, 15) is 10.2 Å². The zero-order valence-corrected chi connectivity index (χ0v) is 19.7. The van der Waals surface area contributed by atoms with Crippen molar-refractivity contribution in [1.82, 2.24) is 4.90 Å². The Hall–Kier alpha value is -3.18. The fraction of sp³-hybridized carbons (Fsp3) is 0.379. The first-order valence-corrected chi connectivity index (χ1v) is 12.3. The molecular weight excluding hydrogens is 426 g/mol.